The number of carbonyl (C=O) groups excluding carboxylic acids is 1. The minimum Gasteiger partial charge on any atom is -0.444 e. The Morgan fingerprint density at radius 3 is 2.26 bits per heavy atom. The van der Waals surface area contributed by atoms with Crippen LogP contribution in [-0.2, 0) is 9.47 Å². The second kappa shape index (κ2) is 8.38. The lowest BCUT2D eigenvalue weighted by atomic mass is 10.1. The zero-order chi connectivity index (χ0) is 15.1. The maximum atomic E-state index is 11.6. The van der Waals surface area contributed by atoms with Crippen molar-refractivity contribution < 1.29 is 14.3 Å². The van der Waals surface area contributed by atoms with Gasteiger partial charge in [0, 0.05) is 25.7 Å². The maximum Gasteiger partial charge on any atom is 0.407 e. The highest BCUT2D eigenvalue weighted by Gasteiger charge is 2.19. The van der Waals surface area contributed by atoms with Gasteiger partial charge in [0.2, 0.25) is 0 Å². The number of ether oxygens (including phenoxy) is 2. The Morgan fingerprint density at radius 2 is 1.84 bits per heavy atom. The predicted octanol–water partition coefficient (Wildman–Crippen LogP) is 2.30. The molecule has 0 heterocycles. The fraction of sp³-hybridized carbons (Fsp3) is 0.929. The molecule has 0 saturated carbocycles. The first-order valence-electron chi connectivity index (χ1n) is 6.95. The average Bonchev–Trinajstić information content (AvgIpc) is 2.30. The summed E-state index contributed by atoms with van der Waals surface area (Å²) in [6.07, 6.45) is 0.687. The monoisotopic (exact) mass is 274 g/mol. The molecule has 0 aliphatic carbocycles. The van der Waals surface area contributed by atoms with Crippen molar-refractivity contribution >= 4 is 6.09 Å². The molecule has 114 valence electrons. The molecule has 0 bridgehead atoms. The van der Waals surface area contributed by atoms with Gasteiger partial charge in [0.15, 0.2) is 0 Å². The molecule has 19 heavy (non-hydrogen) atoms. The summed E-state index contributed by atoms with van der Waals surface area (Å²) >= 11 is 0. The molecule has 3 atom stereocenters. The Hall–Kier alpha value is -0.810. The first-order chi connectivity index (χ1) is 8.69. The van der Waals surface area contributed by atoms with Crippen LogP contribution in [0.1, 0.15) is 48.0 Å². The molecular weight excluding hydrogens is 244 g/mol. The second-order valence-corrected chi connectivity index (χ2v) is 5.88. The summed E-state index contributed by atoms with van der Waals surface area (Å²) < 4.78 is 10.5. The molecule has 0 aliphatic heterocycles. The van der Waals surface area contributed by atoms with Crippen LogP contribution < -0.4 is 10.6 Å². The average molecular weight is 274 g/mol. The lowest BCUT2D eigenvalue weighted by Crippen LogP contribution is -2.48. The topological polar surface area (TPSA) is 59.6 Å². The van der Waals surface area contributed by atoms with E-state index in [0.717, 1.165) is 6.42 Å². The Labute approximate surface area is 117 Å². The molecule has 0 saturated heterocycles. The van der Waals surface area contributed by atoms with E-state index in [4.69, 9.17) is 9.47 Å². The van der Waals surface area contributed by atoms with E-state index in [1.807, 2.05) is 27.7 Å². The molecule has 2 N–H and O–H groups in total. The number of rotatable bonds is 7. The second-order valence-electron chi connectivity index (χ2n) is 5.88. The van der Waals surface area contributed by atoms with Crippen LogP contribution in [0.4, 0.5) is 4.79 Å². The zero-order valence-electron chi connectivity index (χ0n) is 13.4. The van der Waals surface area contributed by atoms with Gasteiger partial charge >= 0.3 is 6.09 Å². The van der Waals surface area contributed by atoms with Crippen molar-refractivity contribution in [3.05, 3.63) is 0 Å². The molecule has 0 aromatic rings. The van der Waals surface area contributed by atoms with Gasteiger partial charge in [-0.15, -0.1) is 0 Å². The van der Waals surface area contributed by atoms with Gasteiger partial charge in [0.05, 0.1) is 6.10 Å². The number of amides is 1. The van der Waals surface area contributed by atoms with Crippen LogP contribution in [0.25, 0.3) is 0 Å². The largest absolute Gasteiger partial charge is 0.444 e. The molecule has 0 spiro atoms. The Balaban J connectivity index is 4.10. The van der Waals surface area contributed by atoms with Gasteiger partial charge in [-0.2, -0.15) is 0 Å². The quantitative estimate of drug-likeness (QED) is 0.748. The molecule has 5 nitrogen and oxygen atoms in total. The molecule has 0 aliphatic rings. The number of hydrogen-bond donors (Lipinski definition) is 2. The van der Waals surface area contributed by atoms with Gasteiger partial charge in [-0.25, -0.2) is 4.79 Å². The number of hydrogen-bond acceptors (Lipinski definition) is 4. The molecule has 3 unspecified atom stereocenters. The van der Waals surface area contributed by atoms with E-state index in [0.29, 0.717) is 6.54 Å². The van der Waals surface area contributed by atoms with Crippen LogP contribution in [0.2, 0.25) is 0 Å². The molecule has 0 rings (SSSR count). The minimum absolute atomic E-state index is 0.135. The molecule has 0 fully saturated rings. The van der Waals surface area contributed by atoms with E-state index in [1.165, 1.54) is 0 Å². The van der Waals surface area contributed by atoms with E-state index < -0.39 is 5.60 Å². The van der Waals surface area contributed by atoms with E-state index in [9.17, 15) is 4.79 Å². The van der Waals surface area contributed by atoms with Gasteiger partial charge in [-0.3, -0.25) is 0 Å². The Bertz CT molecular complexity index is 264. The first kappa shape index (κ1) is 18.2. The molecule has 5 heteroatoms. The highest BCUT2D eigenvalue weighted by molar-refractivity contribution is 5.67. The summed E-state index contributed by atoms with van der Waals surface area (Å²) in [6.45, 7) is 12.3. The molecular formula is C14H30N2O3. The lowest BCUT2D eigenvalue weighted by molar-refractivity contribution is 0.0515. The third-order valence-electron chi connectivity index (χ3n) is 2.96. The number of alkyl carbamates (subject to hydrolysis) is 1. The van der Waals surface area contributed by atoms with Crippen LogP contribution in [0.3, 0.4) is 0 Å². The summed E-state index contributed by atoms with van der Waals surface area (Å²) in [5.74, 6) is 0. The van der Waals surface area contributed by atoms with E-state index in [2.05, 4.69) is 24.5 Å². The number of nitrogens with one attached hydrogen (secondary N) is 2. The summed E-state index contributed by atoms with van der Waals surface area (Å²) in [5.41, 5.74) is -0.461. The third kappa shape index (κ3) is 8.83. The SMILES string of the molecule is CCC(CNC(=O)OC(C)(C)C)NC(C)C(C)OC. The summed E-state index contributed by atoms with van der Waals surface area (Å²) in [7, 11) is 1.70. The van der Waals surface area contributed by atoms with Gasteiger partial charge in [0.25, 0.3) is 0 Å². The highest BCUT2D eigenvalue weighted by atomic mass is 16.6. The zero-order valence-corrected chi connectivity index (χ0v) is 13.4. The molecule has 0 aromatic carbocycles. The molecule has 1 amide bonds. The lowest BCUT2D eigenvalue weighted by Gasteiger charge is -2.27. The van der Waals surface area contributed by atoms with Crippen molar-refractivity contribution in [1.29, 1.82) is 0 Å². The van der Waals surface area contributed by atoms with Gasteiger partial charge in [0.1, 0.15) is 5.60 Å². The third-order valence-corrected chi connectivity index (χ3v) is 2.96. The van der Waals surface area contributed by atoms with E-state index in [-0.39, 0.29) is 24.3 Å². The summed E-state index contributed by atoms with van der Waals surface area (Å²) in [6, 6.07) is 0.440. The highest BCUT2D eigenvalue weighted by Crippen LogP contribution is 2.06. The molecule has 0 radical (unpaired) electrons. The summed E-state index contributed by atoms with van der Waals surface area (Å²) in [4.78, 5) is 11.6. The van der Waals surface area contributed by atoms with Crippen molar-refractivity contribution in [2.24, 2.45) is 0 Å². The maximum absolute atomic E-state index is 11.6. The van der Waals surface area contributed by atoms with Gasteiger partial charge < -0.3 is 20.1 Å². The Morgan fingerprint density at radius 1 is 1.26 bits per heavy atom. The van der Waals surface area contributed by atoms with Crippen molar-refractivity contribution in [3.8, 4) is 0 Å². The fourth-order valence-corrected chi connectivity index (χ4v) is 1.55. The van der Waals surface area contributed by atoms with Gasteiger partial charge in [-0.05, 0) is 41.0 Å². The standard InChI is InChI=1S/C14H30N2O3/c1-8-12(16-10(2)11(3)18-7)9-15-13(17)19-14(4,5)6/h10-12,16H,8-9H2,1-7H3,(H,15,17). The van der Waals surface area contributed by atoms with Crippen LogP contribution in [0, 0.1) is 0 Å². The van der Waals surface area contributed by atoms with Crippen LogP contribution in [0.15, 0.2) is 0 Å². The van der Waals surface area contributed by atoms with Crippen molar-refractivity contribution in [1.82, 2.24) is 10.6 Å². The minimum atomic E-state index is -0.461. The number of carbonyl (C=O) groups is 1. The van der Waals surface area contributed by atoms with Gasteiger partial charge in [-0.1, -0.05) is 6.92 Å². The van der Waals surface area contributed by atoms with Crippen LogP contribution >= 0.6 is 0 Å². The molecule has 0 aromatic heterocycles. The fourth-order valence-electron chi connectivity index (χ4n) is 1.55. The number of methoxy groups -OCH3 is 1. The van der Waals surface area contributed by atoms with Crippen molar-refractivity contribution in [2.45, 2.75) is 71.8 Å². The van der Waals surface area contributed by atoms with Crippen molar-refractivity contribution in [3.63, 3.8) is 0 Å². The van der Waals surface area contributed by atoms with E-state index >= 15 is 0 Å². The van der Waals surface area contributed by atoms with E-state index in [1.54, 1.807) is 7.11 Å². The van der Waals surface area contributed by atoms with Crippen molar-refractivity contribution in [2.75, 3.05) is 13.7 Å². The van der Waals surface area contributed by atoms with Crippen LogP contribution in [-0.4, -0.2) is 43.5 Å². The Kier molecular flexibility index (Phi) is 8.02. The summed E-state index contributed by atoms with van der Waals surface area (Å²) in [5, 5.41) is 6.23. The smallest absolute Gasteiger partial charge is 0.407 e. The predicted molar refractivity (Wildman–Crippen MR) is 77.4 cm³/mol. The van der Waals surface area contributed by atoms with Crippen LogP contribution in [0.5, 0.6) is 0 Å². The normalized spacial score (nSPS) is 16.6. The first-order valence-corrected chi connectivity index (χ1v) is 6.95.